The molecule has 2 aromatic rings. The highest BCUT2D eigenvalue weighted by Gasteiger charge is 2.22. The monoisotopic (exact) mass is 302 g/mol. The van der Waals surface area contributed by atoms with Crippen LogP contribution in [0, 0.1) is 6.92 Å². The number of hydrogen-bond donors (Lipinski definition) is 1. The number of carbonyl (C=O) groups excluding carboxylic acids is 1. The summed E-state index contributed by atoms with van der Waals surface area (Å²) < 4.78 is 1.58. The van der Waals surface area contributed by atoms with E-state index in [1.807, 2.05) is 11.8 Å². The smallest absolute Gasteiger partial charge is 0.274 e. The summed E-state index contributed by atoms with van der Waals surface area (Å²) >= 11 is 0. The van der Waals surface area contributed by atoms with E-state index < -0.39 is 0 Å². The molecule has 118 valence electrons. The standard InChI is InChI=1S/C16H22N4O2/c1-11-10-12(13-14(17-11)19(2)18-15(13)21)16(22)20-8-6-4-3-5-7-9-20/h10H,3-9H2,1-2H3,(H,18,21). The summed E-state index contributed by atoms with van der Waals surface area (Å²) in [7, 11) is 1.74. The molecule has 1 N–H and O–H groups in total. The van der Waals surface area contributed by atoms with Crippen molar-refractivity contribution in [2.24, 2.45) is 7.05 Å². The highest BCUT2D eigenvalue weighted by Crippen LogP contribution is 2.19. The van der Waals surface area contributed by atoms with Crippen LogP contribution in [-0.4, -0.2) is 38.7 Å². The molecule has 22 heavy (non-hydrogen) atoms. The van der Waals surface area contributed by atoms with Gasteiger partial charge in [-0.15, -0.1) is 0 Å². The molecule has 1 amide bonds. The van der Waals surface area contributed by atoms with Crippen molar-refractivity contribution in [2.45, 2.75) is 39.0 Å². The zero-order valence-electron chi connectivity index (χ0n) is 13.2. The molecule has 1 aliphatic heterocycles. The average molecular weight is 302 g/mol. The SMILES string of the molecule is Cc1cc(C(=O)N2CCCCCCC2)c2c(=O)[nH]n(C)c2n1. The maximum absolute atomic E-state index is 12.9. The molecule has 0 saturated carbocycles. The molecule has 3 heterocycles. The summed E-state index contributed by atoms with van der Waals surface area (Å²) in [5.41, 5.74) is 1.52. The van der Waals surface area contributed by atoms with Crippen molar-refractivity contribution < 1.29 is 4.79 Å². The molecule has 6 nitrogen and oxygen atoms in total. The number of pyridine rings is 1. The minimum absolute atomic E-state index is 0.0471. The van der Waals surface area contributed by atoms with Crippen molar-refractivity contribution in [2.75, 3.05) is 13.1 Å². The Bertz CT molecular complexity index is 751. The third-order valence-electron chi connectivity index (χ3n) is 4.32. The first-order valence-corrected chi connectivity index (χ1v) is 7.93. The number of H-pyrrole nitrogens is 1. The van der Waals surface area contributed by atoms with E-state index >= 15 is 0 Å². The molecule has 0 unspecified atom stereocenters. The van der Waals surface area contributed by atoms with Gasteiger partial charge in [0, 0.05) is 25.8 Å². The van der Waals surface area contributed by atoms with Gasteiger partial charge in [-0.05, 0) is 25.8 Å². The van der Waals surface area contributed by atoms with Gasteiger partial charge in [-0.25, -0.2) is 4.98 Å². The van der Waals surface area contributed by atoms with Crippen LogP contribution in [0.1, 0.15) is 48.2 Å². The molecule has 0 bridgehead atoms. The number of nitrogens with one attached hydrogen (secondary N) is 1. The van der Waals surface area contributed by atoms with Gasteiger partial charge in [0.05, 0.1) is 10.9 Å². The highest BCUT2D eigenvalue weighted by atomic mass is 16.2. The fraction of sp³-hybridized carbons (Fsp3) is 0.562. The minimum atomic E-state index is -0.250. The van der Waals surface area contributed by atoms with Crippen molar-refractivity contribution in [3.05, 3.63) is 27.7 Å². The van der Waals surface area contributed by atoms with Crippen LogP contribution in [0.3, 0.4) is 0 Å². The van der Waals surface area contributed by atoms with E-state index in [0.717, 1.165) is 31.6 Å². The number of hydrogen-bond acceptors (Lipinski definition) is 3. The van der Waals surface area contributed by atoms with Gasteiger partial charge in [-0.2, -0.15) is 0 Å². The molecule has 0 spiro atoms. The van der Waals surface area contributed by atoms with Gasteiger partial charge >= 0.3 is 0 Å². The van der Waals surface area contributed by atoms with Crippen LogP contribution >= 0.6 is 0 Å². The first-order valence-electron chi connectivity index (χ1n) is 7.93. The lowest BCUT2D eigenvalue weighted by atomic mass is 10.1. The molecule has 1 saturated heterocycles. The average Bonchev–Trinajstić information content (AvgIpc) is 2.72. The summed E-state index contributed by atoms with van der Waals surface area (Å²) in [5, 5.41) is 3.09. The van der Waals surface area contributed by atoms with E-state index in [2.05, 4.69) is 10.1 Å². The largest absolute Gasteiger partial charge is 0.339 e. The molecule has 0 atom stereocenters. The van der Waals surface area contributed by atoms with E-state index in [1.54, 1.807) is 17.8 Å². The van der Waals surface area contributed by atoms with Crippen molar-refractivity contribution >= 4 is 16.9 Å². The zero-order chi connectivity index (χ0) is 15.7. The molecule has 2 aromatic heterocycles. The molecule has 0 radical (unpaired) electrons. The van der Waals surface area contributed by atoms with Crippen LogP contribution in [0.25, 0.3) is 11.0 Å². The number of aromatic nitrogens is 3. The maximum atomic E-state index is 12.9. The van der Waals surface area contributed by atoms with E-state index in [-0.39, 0.29) is 11.5 Å². The van der Waals surface area contributed by atoms with Crippen LogP contribution in [0.15, 0.2) is 10.9 Å². The fourth-order valence-electron chi connectivity index (χ4n) is 3.17. The first-order chi connectivity index (χ1) is 10.6. The van der Waals surface area contributed by atoms with Crippen LogP contribution in [-0.2, 0) is 7.05 Å². The second-order valence-electron chi connectivity index (χ2n) is 6.07. The van der Waals surface area contributed by atoms with Crippen molar-refractivity contribution in [1.82, 2.24) is 19.7 Å². The lowest BCUT2D eigenvalue weighted by molar-refractivity contribution is 0.0744. The zero-order valence-corrected chi connectivity index (χ0v) is 13.2. The van der Waals surface area contributed by atoms with Crippen molar-refractivity contribution in [1.29, 1.82) is 0 Å². The van der Waals surface area contributed by atoms with Crippen molar-refractivity contribution in [3.63, 3.8) is 0 Å². The number of amides is 1. The first kappa shape index (κ1) is 14.8. The normalized spacial score (nSPS) is 16.5. The molecular formula is C16H22N4O2. The topological polar surface area (TPSA) is 71.0 Å². The molecule has 0 aromatic carbocycles. The van der Waals surface area contributed by atoms with E-state index in [0.29, 0.717) is 16.6 Å². The predicted molar refractivity (Wildman–Crippen MR) is 85.1 cm³/mol. The van der Waals surface area contributed by atoms with E-state index in [4.69, 9.17) is 0 Å². The Balaban J connectivity index is 2.04. The van der Waals surface area contributed by atoms with Gasteiger partial charge in [0.25, 0.3) is 11.5 Å². The van der Waals surface area contributed by atoms with Gasteiger partial charge < -0.3 is 4.90 Å². The summed E-state index contributed by atoms with van der Waals surface area (Å²) in [4.78, 5) is 31.4. The van der Waals surface area contributed by atoms with Crippen molar-refractivity contribution in [3.8, 4) is 0 Å². The molecular weight excluding hydrogens is 280 g/mol. The quantitative estimate of drug-likeness (QED) is 0.875. The lowest BCUT2D eigenvalue weighted by Gasteiger charge is -2.25. The Labute approximate surface area is 129 Å². The number of rotatable bonds is 1. The van der Waals surface area contributed by atoms with Gasteiger partial charge in [0.2, 0.25) is 0 Å². The lowest BCUT2D eigenvalue weighted by Crippen LogP contribution is -2.34. The third-order valence-corrected chi connectivity index (χ3v) is 4.32. The van der Waals surface area contributed by atoms with Crippen LogP contribution < -0.4 is 5.56 Å². The van der Waals surface area contributed by atoms with Gasteiger partial charge in [-0.3, -0.25) is 19.4 Å². The Morgan fingerprint density at radius 3 is 2.50 bits per heavy atom. The Kier molecular flexibility index (Phi) is 4.00. The van der Waals surface area contributed by atoms with E-state index in [9.17, 15) is 9.59 Å². The van der Waals surface area contributed by atoms with Crippen LogP contribution in [0.5, 0.6) is 0 Å². The number of fused-ring (bicyclic) bond motifs is 1. The molecule has 0 aliphatic carbocycles. The number of carbonyl (C=O) groups is 1. The van der Waals surface area contributed by atoms with Gasteiger partial charge in [0.1, 0.15) is 0 Å². The number of aryl methyl sites for hydroxylation is 2. The van der Waals surface area contributed by atoms with Crippen LogP contribution in [0.4, 0.5) is 0 Å². The minimum Gasteiger partial charge on any atom is -0.339 e. The summed E-state index contributed by atoms with van der Waals surface area (Å²) in [6, 6.07) is 1.73. The van der Waals surface area contributed by atoms with Gasteiger partial charge in [0.15, 0.2) is 5.65 Å². The maximum Gasteiger partial charge on any atom is 0.274 e. The summed E-state index contributed by atoms with van der Waals surface area (Å²) in [6.45, 7) is 3.39. The number of nitrogens with zero attached hydrogens (tertiary/aromatic N) is 3. The van der Waals surface area contributed by atoms with Crippen LogP contribution in [0.2, 0.25) is 0 Å². The second-order valence-corrected chi connectivity index (χ2v) is 6.07. The second kappa shape index (κ2) is 5.94. The fourth-order valence-corrected chi connectivity index (χ4v) is 3.17. The highest BCUT2D eigenvalue weighted by molar-refractivity contribution is 6.05. The Morgan fingerprint density at radius 2 is 1.82 bits per heavy atom. The predicted octanol–water partition coefficient (Wildman–Crippen LogP) is 1.98. The summed E-state index contributed by atoms with van der Waals surface area (Å²) in [6.07, 6.45) is 5.65. The van der Waals surface area contributed by atoms with E-state index in [1.165, 1.54) is 19.3 Å². The molecule has 1 fully saturated rings. The summed E-state index contributed by atoms with van der Waals surface area (Å²) in [5.74, 6) is -0.0471. The number of likely N-dealkylation sites (tertiary alicyclic amines) is 1. The Morgan fingerprint density at radius 1 is 1.18 bits per heavy atom. The van der Waals surface area contributed by atoms with Gasteiger partial charge in [-0.1, -0.05) is 19.3 Å². The molecule has 1 aliphatic rings. The molecule has 6 heteroatoms. The Hall–Kier alpha value is -2.11. The number of aromatic amines is 1. The third kappa shape index (κ3) is 2.65. The molecule has 3 rings (SSSR count).